The molecule has 0 radical (unpaired) electrons. The van der Waals surface area contributed by atoms with Crippen molar-refractivity contribution in [1.82, 2.24) is 0 Å². The van der Waals surface area contributed by atoms with Crippen LogP contribution in [0.4, 0.5) is 11.4 Å². The highest BCUT2D eigenvalue weighted by molar-refractivity contribution is 7.10. The molecule has 25 heavy (non-hydrogen) atoms. The highest BCUT2D eigenvalue weighted by Crippen LogP contribution is 2.38. The minimum atomic E-state index is -0.486. The minimum absolute atomic E-state index is 0.0790. The highest BCUT2D eigenvalue weighted by Gasteiger charge is 2.31. The molecule has 0 bridgehead atoms. The third kappa shape index (κ3) is 3.70. The predicted octanol–water partition coefficient (Wildman–Crippen LogP) is 3.16. The number of anilines is 1. The maximum Gasteiger partial charge on any atom is 0.294 e. The Bertz CT molecular complexity index is 817. The lowest BCUT2D eigenvalue weighted by atomic mass is 10.1. The Morgan fingerprint density at radius 3 is 2.84 bits per heavy atom. The van der Waals surface area contributed by atoms with Crippen molar-refractivity contribution in [3.8, 4) is 5.75 Å². The molecule has 2 heterocycles. The Kier molecular flexibility index (Phi) is 5.11. The van der Waals surface area contributed by atoms with E-state index in [0.29, 0.717) is 30.9 Å². The van der Waals surface area contributed by atoms with Crippen LogP contribution in [-0.4, -0.2) is 23.9 Å². The molecule has 2 N–H and O–H groups in total. The van der Waals surface area contributed by atoms with Gasteiger partial charge >= 0.3 is 0 Å². The fraction of sp³-hybridized carbons (Fsp3) is 0.235. The van der Waals surface area contributed by atoms with Gasteiger partial charge in [0, 0.05) is 29.6 Å². The summed E-state index contributed by atoms with van der Waals surface area (Å²) in [5.41, 5.74) is 5.86. The van der Waals surface area contributed by atoms with Crippen LogP contribution < -0.4 is 15.4 Å². The molecular weight excluding hydrogens is 342 g/mol. The first kappa shape index (κ1) is 17.1. The average Bonchev–Trinajstić information content (AvgIpc) is 3.10. The number of rotatable bonds is 6. The normalized spacial score (nSPS) is 15.2. The molecule has 0 atom stereocenters. The summed E-state index contributed by atoms with van der Waals surface area (Å²) in [7, 11) is 0. The van der Waals surface area contributed by atoms with E-state index < -0.39 is 4.92 Å². The lowest BCUT2D eigenvalue weighted by molar-refractivity contribution is -0.384. The molecular formula is C17H17N3O4S. The van der Waals surface area contributed by atoms with Crippen LogP contribution in [0.2, 0.25) is 0 Å². The SMILES string of the molecule is NCCCCN1C(=O)/C(=C\c2cccs2)Oc2ccc([N+](=O)[O-])cc21. The second-order valence-corrected chi connectivity index (χ2v) is 6.47. The third-order valence-electron chi connectivity index (χ3n) is 3.77. The van der Waals surface area contributed by atoms with E-state index in [1.807, 2.05) is 17.5 Å². The Labute approximate surface area is 148 Å². The van der Waals surface area contributed by atoms with Crippen LogP contribution in [-0.2, 0) is 4.79 Å². The number of amides is 1. The molecule has 0 saturated carbocycles. The van der Waals surface area contributed by atoms with E-state index in [-0.39, 0.29) is 17.4 Å². The van der Waals surface area contributed by atoms with Crippen molar-refractivity contribution in [3.05, 3.63) is 56.5 Å². The molecule has 0 aliphatic carbocycles. The number of nitrogens with zero attached hydrogens (tertiary/aromatic N) is 2. The number of hydrogen-bond donors (Lipinski definition) is 1. The summed E-state index contributed by atoms with van der Waals surface area (Å²) in [6.45, 7) is 0.952. The zero-order chi connectivity index (χ0) is 17.8. The molecule has 3 rings (SSSR count). The number of nitro groups is 1. The number of carbonyl (C=O) groups is 1. The van der Waals surface area contributed by atoms with Crippen molar-refractivity contribution >= 4 is 34.7 Å². The first-order chi connectivity index (χ1) is 12.1. The van der Waals surface area contributed by atoms with Gasteiger partial charge in [0.1, 0.15) is 0 Å². The molecule has 130 valence electrons. The zero-order valence-corrected chi connectivity index (χ0v) is 14.2. The number of non-ortho nitro benzene ring substituents is 1. The van der Waals surface area contributed by atoms with Crippen LogP contribution in [0.5, 0.6) is 5.75 Å². The standard InChI is InChI=1S/C17H17N3O4S/c18-7-1-2-8-19-14-10-12(20(22)23)5-6-15(14)24-16(17(19)21)11-13-4-3-9-25-13/h3-6,9-11H,1-2,7-8,18H2/b16-11+. The second kappa shape index (κ2) is 7.45. The van der Waals surface area contributed by atoms with E-state index in [2.05, 4.69) is 0 Å². The summed E-state index contributed by atoms with van der Waals surface area (Å²) >= 11 is 1.50. The lowest BCUT2D eigenvalue weighted by Crippen LogP contribution is -2.38. The van der Waals surface area contributed by atoms with Crippen LogP contribution in [0.25, 0.3) is 6.08 Å². The van der Waals surface area contributed by atoms with E-state index in [1.54, 1.807) is 6.08 Å². The van der Waals surface area contributed by atoms with E-state index in [4.69, 9.17) is 10.5 Å². The van der Waals surface area contributed by atoms with Gasteiger partial charge in [-0.05, 0) is 36.9 Å². The number of ether oxygens (including phenoxy) is 1. The summed E-state index contributed by atoms with van der Waals surface area (Å²) in [5, 5.41) is 13.0. The van der Waals surface area contributed by atoms with E-state index in [1.165, 1.54) is 34.4 Å². The van der Waals surface area contributed by atoms with Crippen LogP contribution >= 0.6 is 11.3 Å². The molecule has 7 nitrogen and oxygen atoms in total. The number of carbonyl (C=O) groups excluding carboxylic acids is 1. The molecule has 1 amide bonds. The number of thiophene rings is 1. The Morgan fingerprint density at radius 1 is 1.32 bits per heavy atom. The molecule has 1 aromatic carbocycles. The van der Waals surface area contributed by atoms with Crippen LogP contribution in [0.1, 0.15) is 17.7 Å². The first-order valence-electron chi connectivity index (χ1n) is 7.83. The van der Waals surface area contributed by atoms with E-state index >= 15 is 0 Å². The van der Waals surface area contributed by atoms with Gasteiger partial charge < -0.3 is 15.4 Å². The van der Waals surface area contributed by atoms with Crippen molar-refractivity contribution in [2.45, 2.75) is 12.8 Å². The van der Waals surface area contributed by atoms with Gasteiger partial charge in [0.15, 0.2) is 11.5 Å². The largest absolute Gasteiger partial charge is 0.449 e. The summed E-state index contributed by atoms with van der Waals surface area (Å²) in [6.07, 6.45) is 3.16. The smallest absolute Gasteiger partial charge is 0.294 e. The Hall–Kier alpha value is -2.71. The number of fused-ring (bicyclic) bond motifs is 1. The van der Waals surface area contributed by atoms with Crippen molar-refractivity contribution in [2.75, 3.05) is 18.0 Å². The molecule has 1 aliphatic rings. The number of unbranched alkanes of at least 4 members (excludes halogenated alkanes) is 1. The van der Waals surface area contributed by atoms with Gasteiger partial charge in [-0.25, -0.2) is 0 Å². The minimum Gasteiger partial charge on any atom is -0.449 e. The molecule has 0 unspecified atom stereocenters. The highest BCUT2D eigenvalue weighted by atomic mass is 32.1. The van der Waals surface area contributed by atoms with Gasteiger partial charge in [0.05, 0.1) is 10.6 Å². The summed E-state index contributed by atoms with van der Waals surface area (Å²) < 4.78 is 5.72. The fourth-order valence-corrected chi connectivity index (χ4v) is 3.20. The molecule has 1 aromatic heterocycles. The van der Waals surface area contributed by atoms with E-state index in [9.17, 15) is 14.9 Å². The zero-order valence-electron chi connectivity index (χ0n) is 13.4. The lowest BCUT2D eigenvalue weighted by Gasteiger charge is -2.30. The molecule has 0 spiro atoms. The number of nitro benzene ring substituents is 1. The Morgan fingerprint density at radius 2 is 2.16 bits per heavy atom. The summed E-state index contributed by atoms with van der Waals surface area (Å²) in [5.74, 6) is 0.329. The second-order valence-electron chi connectivity index (χ2n) is 5.49. The Balaban J connectivity index is 1.99. The quantitative estimate of drug-likeness (QED) is 0.370. The van der Waals surface area contributed by atoms with Crippen molar-refractivity contribution in [3.63, 3.8) is 0 Å². The average molecular weight is 359 g/mol. The number of nitrogens with two attached hydrogens (primary N) is 1. The van der Waals surface area contributed by atoms with Gasteiger partial charge in [-0.3, -0.25) is 14.9 Å². The number of hydrogen-bond acceptors (Lipinski definition) is 6. The van der Waals surface area contributed by atoms with Crippen LogP contribution in [0.3, 0.4) is 0 Å². The van der Waals surface area contributed by atoms with Crippen LogP contribution in [0.15, 0.2) is 41.5 Å². The van der Waals surface area contributed by atoms with E-state index in [0.717, 1.165) is 11.3 Å². The molecule has 0 fully saturated rings. The maximum absolute atomic E-state index is 12.8. The topological polar surface area (TPSA) is 98.7 Å². The maximum atomic E-state index is 12.8. The molecule has 1 aliphatic heterocycles. The molecule has 2 aromatic rings. The van der Waals surface area contributed by atoms with Crippen molar-refractivity contribution in [1.29, 1.82) is 0 Å². The van der Waals surface area contributed by atoms with Crippen molar-refractivity contribution in [2.24, 2.45) is 5.73 Å². The fourth-order valence-electron chi connectivity index (χ4n) is 2.55. The third-order valence-corrected chi connectivity index (χ3v) is 4.59. The first-order valence-corrected chi connectivity index (χ1v) is 8.71. The van der Waals surface area contributed by atoms with Gasteiger partial charge in [0.25, 0.3) is 11.6 Å². The predicted molar refractivity (Wildman–Crippen MR) is 96.7 cm³/mol. The van der Waals surface area contributed by atoms with Crippen molar-refractivity contribution < 1.29 is 14.5 Å². The van der Waals surface area contributed by atoms with Crippen LogP contribution in [0, 0.1) is 10.1 Å². The van der Waals surface area contributed by atoms with Gasteiger partial charge in [-0.15, -0.1) is 11.3 Å². The van der Waals surface area contributed by atoms with Gasteiger partial charge in [-0.1, -0.05) is 6.07 Å². The summed E-state index contributed by atoms with van der Waals surface area (Å²) in [6, 6.07) is 8.05. The molecule has 8 heteroatoms. The molecule has 0 saturated heterocycles. The van der Waals surface area contributed by atoms with Gasteiger partial charge in [-0.2, -0.15) is 0 Å². The monoisotopic (exact) mass is 359 g/mol. The summed E-state index contributed by atoms with van der Waals surface area (Å²) in [4.78, 5) is 25.8. The number of benzene rings is 1. The van der Waals surface area contributed by atoms with Gasteiger partial charge in [0.2, 0.25) is 0 Å².